The Balaban J connectivity index is 2.08. The second kappa shape index (κ2) is 5.09. The number of carbonyl (C=O) groups is 1. The highest BCUT2D eigenvalue weighted by Gasteiger charge is 2.15. The molecule has 1 aliphatic rings. The highest BCUT2D eigenvalue weighted by atomic mass is 16.3. The monoisotopic (exact) mass is 224 g/mol. The second-order valence-corrected chi connectivity index (χ2v) is 3.75. The van der Waals surface area contributed by atoms with Crippen LogP contribution in [-0.4, -0.2) is 40.5 Å². The molecule has 0 aromatic carbocycles. The Hall–Kier alpha value is -1.40. The molecule has 1 amide bonds. The van der Waals surface area contributed by atoms with Gasteiger partial charge in [0, 0.05) is 19.6 Å². The fourth-order valence-electron chi connectivity index (χ4n) is 1.73. The number of hydrogen-bond acceptors (Lipinski definition) is 4. The van der Waals surface area contributed by atoms with E-state index >= 15 is 0 Å². The van der Waals surface area contributed by atoms with E-state index in [2.05, 4.69) is 15.7 Å². The number of nitrogens with one attached hydrogen (secondary N) is 2. The number of amides is 1. The number of aliphatic hydroxyl groups is 1. The SMILES string of the molecule is O=C(NCCO)c1cc2n(n1)CCCNC2. The molecule has 6 heteroatoms. The molecule has 88 valence electrons. The van der Waals surface area contributed by atoms with Crippen LogP contribution in [-0.2, 0) is 13.1 Å². The summed E-state index contributed by atoms with van der Waals surface area (Å²) in [6, 6.07) is 1.80. The lowest BCUT2D eigenvalue weighted by molar-refractivity contribution is 0.0939. The van der Waals surface area contributed by atoms with E-state index < -0.39 is 0 Å². The molecule has 1 aliphatic heterocycles. The first kappa shape index (κ1) is 11.1. The summed E-state index contributed by atoms with van der Waals surface area (Å²) in [6.07, 6.45) is 1.02. The number of aliphatic hydroxyl groups excluding tert-OH is 1. The van der Waals surface area contributed by atoms with E-state index in [1.54, 1.807) is 6.07 Å². The lowest BCUT2D eigenvalue weighted by Gasteiger charge is -2.00. The Morgan fingerprint density at radius 3 is 3.38 bits per heavy atom. The molecule has 0 radical (unpaired) electrons. The van der Waals surface area contributed by atoms with Crippen molar-refractivity contribution in [1.82, 2.24) is 20.4 Å². The van der Waals surface area contributed by atoms with Gasteiger partial charge in [0.15, 0.2) is 0 Å². The molecule has 2 heterocycles. The van der Waals surface area contributed by atoms with Gasteiger partial charge in [0.05, 0.1) is 12.3 Å². The first-order valence-electron chi connectivity index (χ1n) is 5.48. The van der Waals surface area contributed by atoms with Crippen molar-refractivity contribution in [3.8, 4) is 0 Å². The zero-order chi connectivity index (χ0) is 11.4. The molecule has 0 saturated heterocycles. The Morgan fingerprint density at radius 2 is 2.56 bits per heavy atom. The van der Waals surface area contributed by atoms with Gasteiger partial charge in [0.25, 0.3) is 5.91 Å². The molecule has 0 saturated carbocycles. The predicted molar refractivity (Wildman–Crippen MR) is 58.0 cm³/mol. The van der Waals surface area contributed by atoms with Gasteiger partial charge < -0.3 is 15.7 Å². The van der Waals surface area contributed by atoms with E-state index in [4.69, 9.17) is 5.11 Å². The van der Waals surface area contributed by atoms with E-state index in [1.807, 2.05) is 4.68 Å². The lowest BCUT2D eigenvalue weighted by Crippen LogP contribution is -2.26. The summed E-state index contributed by atoms with van der Waals surface area (Å²) < 4.78 is 1.87. The van der Waals surface area contributed by atoms with Crippen LogP contribution in [0.3, 0.4) is 0 Å². The number of hydrogen-bond donors (Lipinski definition) is 3. The van der Waals surface area contributed by atoms with Crippen molar-refractivity contribution < 1.29 is 9.90 Å². The molecule has 0 unspecified atom stereocenters. The maximum absolute atomic E-state index is 11.6. The Bertz CT molecular complexity index is 351. The summed E-state index contributed by atoms with van der Waals surface area (Å²) >= 11 is 0. The molecular weight excluding hydrogens is 208 g/mol. The number of aromatic nitrogens is 2. The fourth-order valence-corrected chi connectivity index (χ4v) is 1.73. The van der Waals surface area contributed by atoms with Crippen molar-refractivity contribution in [3.63, 3.8) is 0 Å². The van der Waals surface area contributed by atoms with Crippen molar-refractivity contribution in [3.05, 3.63) is 17.5 Å². The Morgan fingerprint density at radius 1 is 1.69 bits per heavy atom. The first-order valence-corrected chi connectivity index (χ1v) is 5.48. The van der Waals surface area contributed by atoms with E-state index in [1.165, 1.54) is 0 Å². The number of fused-ring (bicyclic) bond motifs is 1. The molecule has 2 rings (SSSR count). The minimum atomic E-state index is -0.227. The number of nitrogens with zero attached hydrogens (tertiary/aromatic N) is 2. The standard InChI is InChI=1S/C10H16N4O2/c15-5-3-12-10(16)9-6-8-7-11-2-1-4-14(8)13-9/h6,11,15H,1-5,7H2,(H,12,16). The van der Waals surface area contributed by atoms with E-state index in [9.17, 15) is 4.79 Å². The minimum absolute atomic E-state index is 0.0547. The summed E-state index contributed by atoms with van der Waals surface area (Å²) in [5, 5.41) is 18.7. The number of aryl methyl sites for hydroxylation is 1. The zero-order valence-electron chi connectivity index (χ0n) is 9.07. The molecule has 3 N–H and O–H groups in total. The van der Waals surface area contributed by atoms with Crippen LogP contribution in [0.1, 0.15) is 22.6 Å². The largest absolute Gasteiger partial charge is 0.395 e. The van der Waals surface area contributed by atoms with Gasteiger partial charge in [-0.15, -0.1) is 0 Å². The first-order chi connectivity index (χ1) is 7.81. The van der Waals surface area contributed by atoms with Gasteiger partial charge in [-0.3, -0.25) is 9.48 Å². The van der Waals surface area contributed by atoms with Crippen LogP contribution in [0, 0.1) is 0 Å². The maximum atomic E-state index is 11.6. The van der Waals surface area contributed by atoms with Crippen LogP contribution in [0.25, 0.3) is 0 Å². The summed E-state index contributed by atoms with van der Waals surface area (Å²) in [5.41, 5.74) is 1.46. The van der Waals surface area contributed by atoms with Gasteiger partial charge in [0.1, 0.15) is 5.69 Å². The molecule has 0 fully saturated rings. The van der Waals surface area contributed by atoms with Crippen molar-refractivity contribution >= 4 is 5.91 Å². The topological polar surface area (TPSA) is 79.2 Å². The summed E-state index contributed by atoms with van der Waals surface area (Å²) in [6.45, 7) is 2.78. The third kappa shape index (κ3) is 2.40. The maximum Gasteiger partial charge on any atom is 0.271 e. The van der Waals surface area contributed by atoms with Gasteiger partial charge in [-0.1, -0.05) is 0 Å². The number of carbonyl (C=O) groups excluding carboxylic acids is 1. The molecule has 1 aromatic rings. The molecule has 0 spiro atoms. The van der Waals surface area contributed by atoms with Crippen LogP contribution in [0.15, 0.2) is 6.07 Å². The minimum Gasteiger partial charge on any atom is -0.395 e. The third-order valence-electron chi connectivity index (χ3n) is 2.52. The van der Waals surface area contributed by atoms with Crippen molar-refractivity contribution in [1.29, 1.82) is 0 Å². The lowest BCUT2D eigenvalue weighted by atomic mass is 10.3. The average molecular weight is 224 g/mol. The van der Waals surface area contributed by atoms with Crippen molar-refractivity contribution in [2.24, 2.45) is 0 Å². The normalized spacial score (nSPS) is 15.3. The predicted octanol–water partition coefficient (Wildman–Crippen LogP) is -0.902. The quantitative estimate of drug-likeness (QED) is 0.621. The molecule has 0 aliphatic carbocycles. The highest BCUT2D eigenvalue weighted by Crippen LogP contribution is 2.08. The second-order valence-electron chi connectivity index (χ2n) is 3.75. The third-order valence-corrected chi connectivity index (χ3v) is 2.52. The van der Waals surface area contributed by atoms with Crippen molar-refractivity contribution in [2.75, 3.05) is 19.7 Å². The van der Waals surface area contributed by atoms with Crippen LogP contribution in [0.5, 0.6) is 0 Å². The van der Waals surface area contributed by atoms with E-state index in [0.717, 1.165) is 31.7 Å². The Labute approximate surface area is 93.6 Å². The molecule has 1 aromatic heterocycles. The van der Waals surface area contributed by atoms with Gasteiger partial charge >= 0.3 is 0 Å². The van der Waals surface area contributed by atoms with Gasteiger partial charge in [0.2, 0.25) is 0 Å². The number of rotatable bonds is 3. The Kier molecular flexibility index (Phi) is 3.53. The summed E-state index contributed by atoms with van der Waals surface area (Å²) in [5.74, 6) is -0.227. The smallest absolute Gasteiger partial charge is 0.271 e. The van der Waals surface area contributed by atoms with Crippen molar-refractivity contribution in [2.45, 2.75) is 19.5 Å². The molecule has 0 atom stereocenters. The molecular formula is C10H16N4O2. The fraction of sp³-hybridized carbons (Fsp3) is 0.600. The zero-order valence-corrected chi connectivity index (χ0v) is 9.07. The van der Waals surface area contributed by atoms with Gasteiger partial charge in [-0.25, -0.2) is 0 Å². The summed E-state index contributed by atoms with van der Waals surface area (Å²) in [4.78, 5) is 11.6. The van der Waals surface area contributed by atoms with Crippen LogP contribution >= 0.6 is 0 Å². The average Bonchev–Trinajstić information content (AvgIpc) is 2.58. The van der Waals surface area contributed by atoms with E-state index in [-0.39, 0.29) is 19.1 Å². The van der Waals surface area contributed by atoms with E-state index in [0.29, 0.717) is 5.69 Å². The van der Waals surface area contributed by atoms with Gasteiger partial charge in [-0.05, 0) is 19.0 Å². The molecule has 16 heavy (non-hydrogen) atoms. The molecule has 0 bridgehead atoms. The molecule has 6 nitrogen and oxygen atoms in total. The van der Waals surface area contributed by atoms with Crippen LogP contribution < -0.4 is 10.6 Å². The van der Waals surface area contributed by atoms with Gasteiger partial charge in [-0.2, -0.15) is 5.10 Å². The van der Waals surface area contributed by atoms with Crippen LogP contribution in [0.2, 0.25) is 0 Å². The van der Waals surface area contributed by atoms with Crippen LogP contribution in [0.4, 0.5) is 0 Å². The highest BCUT2D eigenvalue weighted by molar-refractivity contribution is 5.92. The summed E-state index contributed by atoms with van der Waals surface area (Å²) in [7, 11) is 0.